The maximum atomic E-state index is 11.8. The Kier molecular flexibility index (Phi) is 7.21. The summed E-state index contributed by atoms with van der Waals surface area (Å²) in [5.41, 5.74) is 6.25. The minimum absolute atomic E-state index is 0.273. The van der Waals surface area contributed by atoms with Gasteiger partial charge in [0, 0.05) is 17.3 Å². The predicted molar refractivity (Wildman–Crippen MR) is 136 cm³/mol. The van der Waals surface area contributed by atoms with Gasteiger partial charge < -0.3 is 4.74 Å². The average Bonchev–Trinajstić information content (AvgIpc) is 2.81. The van der Waals surface area contributed by atoms with Gasteiger partial charge in [0.15, 0.2) is 0 Å². The Morgan fingerprint density at radius 1 is 1.00 bits per heavy atom. The Morgan fingerprint density at radius 3 is 2.64 bits per heavy atom. The van der Waals surface area contributed by atoms with Crippen LogP contribution >= 0.6 is 11.6 Å². The SMILES string of the molecule is CC(=O)OC(CCc1ccccc1C)c1cccc(/C=C/c2ccc3ccc(Cl)cc3n2)c1. The van der Waals surface area contributed by atoms with Crippen molar-refractivity contribution in [1.29, 1.82) is 0 Å². The minimum atomic E-state index is -0.295. The highest BCUT2D eigenvalue weighted by Gasteiger charge is 2.16. The number of benzene rings is 3. The van der Waals surface area contributed by atoms with Gasteiger partial charge in [-0.3, -0.25) is 4.79 Å². The second-order valence-electron chi connectivity index (χ2n) is 8.14. The summed E-state index contributed by atoms with van der Waals surface area (Å²) in [4.78, 5) is 16.5. The van der Waals surface area contributed by atoms with Crippen LogP contribution in [0.1, 0.15) is 47.4 Å². The molecule has 33 heavy (non-hydrogen) atoms. The number of aromatic nitrogens is 1. The van der Waals surface area contributed by atoms with Crippen LogP contribution in [0.3, 0.4) is 0 Å². The zero-order chi connectivity index (χ0) is 23.2. The lowest BCUT2D eigenvalue weighted by atomic mass is 9.97. The van der Waals surface area contributed by atoms with Gasteiger partial charge in [-0.1, -0.05) is 72.3 Å². The van der Waals surface area contributed by atoms with Gasteiger partial charge >= 0.3 is 5.97 Å². The molecule has 0 spiro atoms. The van der Waals surface area contributed by atoms with Crippen LogP contribution in [0.25, 0.3) is 23.1 Å². The van der Waals surface area contributed by atoms with Crippen molar-refractivity contribution in [2.75, 3.05) is 0 Å². The number of rotatable bonds is 7. The molecule has 4 aromatic rings. The number of ether oxygens (including phenoxy) is 1. The van der Waals surface area contributed by atoms with Gasteiger partial charge in [-0.15, -0.1) is 0 Å². The number of carbonyl (C=O) groups excluding carboxylic acids is 1. The van der Waals surface area contributed by atoms with Crippen LogP contribution in [0.5, 0.6) is 0 Å². The molecule has 1 unspecified atom stereocenters. The molecular weight excluding hydrogens is 430 g/mol. The Labute approximate surface area is 199 Å². The molecular formula is C29H26ClNO2. The largest absolute Gasteiger partial charge is 0.458 e. The standard InChI is InChI=1S/C29H26ClNO2/c1-20-6-3-4-8-23(20)13-17-29(33-21(2)32)25-9-5-7-22(18-25)10-15-27-16-12-24-11-14-26(30)19-28(24)31-27/h3-12,14-16,18-19,29H,13,17H2,1-2H3/b15-10+. The summed E-state index contributed by atoms with van der Waals surface area (Å²) in [6, 6.07) is 26.2. The first-order valence-electron chi connectivity index (χ1n) is 11.0. The maximum Gasteiger partial charge on any atom is 0.303 e. The topological polar surface area (TPSA) is 39.2 Å². The fourth-order valence-corrected chi connectivity index (χ4v) is 4.08. The van der Waals surface area contributed by atoms with E-state index in [0.29, 0.717) is 5.02 Å². The van der Waals surface area contributed by atoms with Crippen molar-refractivity contribution >= 4 is 40.6 Å². The fraction of sp³-hybridized carbons (Fsp3) is 0.172. The van der Waals surface area contributed by atoms with Crippen molar-refractivity contribution in [2.24, 2.45) is 0 Å². The van der Waals surface area contributed by atoms with E-state index in [2.05, 4.69) is 30.1 Å². The summed E-state index contributed by atoms with van der Waals surface area (Å²) >= 11 is 6.11. The van der Waals surface area contributed by atoms with E-state index in [4.69, 9.17) is 16.3 Å². The van der Waals surface area contributed by atoms with Crippen molar-refractivity contribution in [3.8, 4) is 0 Å². The maximum absolute atomic E-state index is 11.8. The van der Waals surface area contributed by atoms with Crippen LogP contribution in [-0.2, 0) is 16.0 Å². The number of halogens is 1. The van der Waals surface area contributed by atoms with Crippen molar-refractivity contribution in [1.82, 2.24) is 4.98 Å². The van der Waals surface area contributed by atoms with Crippen molar-refractivity contribution in [3.63, 3.8) is 0 Å². The zero-order valence-electron chi connectivity index (χ0n) is 18.8. The van der Waals surface area contributed by atoms with E-state index in [0.717, 1.165) is 40.6 Å². The highest BCUT2D eigenvalue weighted by molar-refractivity contribution is 6.31. The van der Waals surface area contributed by atoms with Gasteiger partial charge in [0.1, 0.15) is 6.10 Å². The van der Waals surface area contributed by atoms with E-state index in [9.17, 15) is 4.79 Å². The third-order valence-electron chi connectivity index (χ3n) is 5.65. The molecule has 0 saturated heterocycles. The van der Waals surface area contributed by atoms with Crippen LogP contribution in [0, 0.1) is 6.92 Å². The zero-order valence-corrected chi connectivity index (χ0v) is 19.5. The van der Waals surface area contributed by atoms with Crippen molar-refractivity contribution < 1.29 is 9.53 Å². The number of esters is 1. The van der Waals surface area contributed by atoms with E-state index < -0.39 is 0 Å². The fourth-order valence-electron chi connectivity index (χ4n) is 3.91. The predicted octanol–water partition coefficient (Wildman–Crippen LogP) is 7.60. The molecule has 0 saturated carbocycles. The number of hydrogen-bond acceptors (Lipinski definition) is 3. The molecule has 1 atom stereocenters. The molecule has 4 rings (SSSR count). The molecule has 0 aliphatic carbocycles. The van der Waals surface area contributed by atoms with E-state index in [1.165, 1.54) is 18.1 Å². The van der Waals surface area contributed by atoms with Gasteiger partial charge in [0.25, 0.3) is 0 Å². The molecule has 166 valence electrons. The van der Waals surface area contributed by atoms with E-state index >= 15 is 0 Å². The van der Waals surface area contributed by atoms with Gasteiger partial charge in [-0.25, -0.2) is 4.98 Å². The molecule has 4 heteroatoms. The summed E-state index contributed by atoms with van der Waals surface area (Å²) in [6.45, 7) is 3.57. The Hall–Kier alpha value is -3.43. The molecule has 3 nitrogen and oxygen atoms in total. The number of carbonyl (C=O) groups is 1. The Balaban J connectivity index is 1.54. The molecule has 0 amide bonds. The summed E-state index contributed by atoms with van der Waals surface area (Å²) in [7, 11) is 0. The number of nitrogens with zero attached hydrogens (tertiary/aromatic N) is 1. The van der Waals surface area contributed by atoms with Crippen LogP contribution < -0.4 is 0 Å². The number of pyridine rings is 1. The molecule has 0 bridgehead atoms. The number of aryl methyl sites for hydroxylation is 2. The smallest absolute Gasteiger partial charge is 0.303 e. The lowest BCUT2D eigenvalue weighted by molar-refractivity contribution is -0.147. The molecule has 1 aromatic heterocycles. The number of fused-ring (bicyclic) bond motifs is 1. The minimum Gasteiger partial charge on any atom is -0.458 e. The lowest BCUT2D eigenvalue weighted by Crippen LogP contribution is -2.10. The Bertz CT molecular complexity index is 1310. The first kappa shape index (κ1) is 22.8. The first-order valence-corrected chi connectivity index (χ1v) is 11.4. The highest BCUT2D eigenvalue weighted by atomic mass is 35.5. The Morgan fingerprint density at radius 2 is 1.82 bits per heavy atom. The summed E-state index contributed by atoms with van der Waals surface area (Å²) in [5, 5.41) is 1.72. The first-order chi connectivity index (χ1) is 16.0. The second-order valence-corrected chi connectivity index (χ2v) is 8.58. The molecule has 0 fully saturated rings. The molecule has 0 aliphatic rings. The summed E-state index contributed by atoms with van der Waals surface area (Å²) in [5.74, 6) is -0.273. The van der Waals surface area contributed by atoms with Crippen molar-refractivity contribution in [2.45, 2.75) is 32.8 Å². The lowest BCUT2D eigenvalue weighted by Gasteiger charge is -2.18. The van der Waals surface area contributed by atoms with Gasteiger partial charge in [-0.2, -0.15) is 0 Å². The van der Waals surface area contributed by atoms with E-state index in [1.54, 1.807) is 0 Å². The van der Waals surface area contributed by atoms with Crippen LogP contribution in [0.15, 0.2) is 78.9 Å². The van der Waals surface area contributed by atoms with E-state index in [-0.39, 0.29) is 12.1 Å². The summed E-state index contributed by atoms with van der Waals surface area (Å²) < 4.78 is 5.69. The quantitative estimate of drug-likeness (QED) is 0.269. The third-order valence-corrected chi connectivity index (χ3v) is 5.89. The third kappa shape index (κ3) is 6.09. The summed E-state index contributed by atoms with van der Waals surface area (Å²) in [6.07, 6.45) is 5.28. The second kappa shape index (κ2) is 10.5. The molecule has 0 aliphatic heterocycles. The monoisotopic (exact) mass is 455 g/mol. The number of hydrogen-bond donors (Lipinski definition) is 0. The van der Waals surface area contributed by atoms with Crippen LogP contribution in [0.2, 0.25) is 5.02 Å². The molecule has 1 heterocycles. The molecule has 0 radical (unpaired) electrons. The van der Waals surface area contributed by atoms with Crippen LogP contribution in [0.4, 0.5) is 0 Å². The van der Waals surface area contributed by atoms with Crippen molar-refractivity contribution in [3.05, 3.63) is 112 Å². The molecule has 3 aromatic carbocycles. The molecule has 0 N–H and O–H groups in total. The normalized spacial score (nSPS) is 12.2. The van der Waals surface area contributed by atoms with Crippen LogP contribution in [-0.4, -0.2) is 11.0 Å². The highest BCUT2D eigenvalue weighted by Crippen LogP contribution is 2.26. The average molecular weight is 456 g/mol. The van der Waals surface area contributed by atoms with Gasteiger partial charge in [-0.05, 0) is 72.4 Å². The van der Waals surface area contributed by atoms with Gasteiger partial charge in [0.2, 0.25) is 0 Å². The van der Waals surface area contributed by atoms with Gasteiger partial charge in [0.05, 0.1) is 11.2 Å². The van der Waals surface area contributed by atoms with E-state index in [1.807, 2.05) is 72.8 Å².